The molecule has 0 atom stereocenters. The van der Waals surface area contributed by atoms with Crippen LogP contribution in [0.1, 0.15) is 112 Å². The van der Waals surface area contributed by atoms with Gasteiger partial charge in [0.25, 0.3) is 0 Å². The Balaban J connectivity index is 1.04. The first-order chi connectivity index (χ1) is 46.8. The molecule has 0 radical (unpaired) electrons. The highest BCUT2D eigenvalue weighted by atomic mass is 32.2. The van der Waals surface area contributed by atoms with E-state index in [-0.39, 0.29) is 97.0 Å². The molecule has 97 heavy (non-hydrogen) atoms. The largest absolute Gasteiger partial charge is 0.481 e. The molecule has 37 nitrogen and oxygen atoms in total. The van der Waals surface area contributed by atoms with E-state index >= 15 is 0 Å². The van der Waals surface area contributed by atoms with E-state index in [1.54, 1.807) is 0 Å². The smallest absolute Gasteiger partial charge is 0.304 e. The molecule has 43 heteroatoms. The highest BCUT2D eigenvalue weighted by Crippen LogP contribution is 2.23. The van der Waals surface area contributed by atoms with Crippen LogP contribution in [0.25, 0.3) is 0 Å². The molecule has 6 rings (SSSR count). The van der Waals surface area contributed by atoms with E-state index < -0.39 is 35.8 Å². The number of carbonyl (C=O) groups is 6. The fourth-order valence-electron chi connectivity index (χ4n) is 7.73. The van der Waals surface area contributed by atoms with Crippen molar-refractivity contribution in [2.24, 2.45) is 5.73 Å². The second-order valence-corrected chi connectivity index (χ2v) is 26.6. The predicted molar refractivity (Wildman–Crippen MR) is 363 cm³/mol. The summed E-state index contributed by atoms with van der Waals surface area (Å²) in [6, 6.07) is 0. The first kappa shape index (κ1) is 77.7. The zero-order valence-corrected chi connectivity index (χ0v) is 57.4. The molecule has 0 saturated heterocycles. The molecule has 0 bridgehead atoms. The molecule has 0 aliphatic heterocycles. The van der Waals surface area contributed by atoms with Gasteiger partial charge in [-0.05, 0) is 45.1 Å². The maximum Gasteiger partial charge on any atom is 0.304 e. The average Bonchev–Trinajstić information content (AvgIpc) is 1.63. The van der Waals surface area contributed by atoms with Crippen molar-refractivity contribution in [3.8, 4) is 0 Å². The highest BCUT2D eigenvalue weighted by molar-refractivity contribution is 8.00. The number of carboxylic acids is 6. The summed E-state index contributed by atoms with van der Waals surface area (Å²) in [7, 11) is 0. The van der Waals surface area contributed by atoms with E-state index in [0.29, 0.717) is 194 Å². The number of aliphatic carboxylic acids is 6. The number of nitrogens with zero attached hydrogens (tertiary/aromatic N) is 18. The SMILES string of the molecule is NCCCc1nc(NCCCc2nc(NCCCc3nc(NCCCc4nc(NCCCc5nc(NCCCc6nc(N)nc(SCCC(=O)O)n6)nc(SCCC(=O)O)n5)nc(SCCC(=O)O)n4)nc(SCCC(=O)O)n3)nc(SCCC(=O)O)n2)nc(SCCC(=O)O)n1. The maximum atomic E-state index is 11.4. The average molecular weight is 1460 g/mol. The predicted octanol–water partition coefficient (Wildman–Crippen LogP) is 3.89. The van der Waals surface area contributed by atoms with Crippen molar-refractivity contribution in [3.05, 3.63) is 34.9 Å². The van der Waals surface area contributed by atoms with Crippen molar-refractivity contribution in [1.82, 2.24) is 89.7 Å². The number of aryl methyl sites for hydroxylation is 6. The first-order valence-electron chi connectivity index (χ1n) is 30.5. The molecule has 0 unspecified atom stereocenters. The summed E-state index contributed by atoms with van der Waals surface area (Å²) in [4.78, 5) is 149. The van der Waals surface area contributed by atoms with Crippen LogP contribution in [0.4, 0.5) is 35.7 Å². The van der Waals surface area contributed by atoms with Gasteiger partial charge in [-0.15, -0.1) is 0 Å². The summed E-state index contributed by atoms with van der Waals surface area (Å²) in [6.45, 7) is 2.39. The molecule has 0 aliphatic carbocycles. The lowest BCUT2D eigenvalue weighted by Crippen LogP contribution is -2.14. The zero-order chi connectivity index (χ0) is 69.6. The van der Waals surface area contributed by atoms with Gasteiger partial charge in [0, 0.05) is 106 Å². The molecule has 0 fully saturated rings. The standard InChI is InChI=1S/C54H75N25O12S6/c55-19-1-7-32-63-44(75-50(69-32)93-26-14-38(82)83)58-21-3-9-34-65-46(77-52(71-34)95-28-16-40(86)87)60-23-5-11-36-67-48(79-54(73-36)97-30-18-42(90)91)61-24-6-12-35-66-47(78-53(72-35)96-29-17-41(88)89)59-22-4-10-33-64-45(76-51(70-33)94-27-15-39(84)85)57-20-2-8-31-62-43(56)74-49(68-31)92-25-13-37(80)81/h1-30,55H2,(H,80,81)(H,82,83)(H,84,85)(H,86,87)(H,88,89)(H,90,91)(H2,56,62,68,74)(H,57,64,70,76)(H,58,63,69,75)(H,59,66,72,78)(H,60,65,71,77)(H,61,67,73,79). The van der Waals surface area contributed by atoms with E-state index in [4.69, 9.17) is 21.7 Å². The number of rotatable bonds is 52. The van der Waals surface area contributed by atoms with Gasteiger partial charge in [-0.1, -0.05) is 70.6 Å². The first-order valence-corrected chi connectivity index (χ1v) is 36.4. The van der Waals surface area contributed by atoms with Gasteiger partial charge in [0.2, 0.25) is 35.7 Å². The fraction of sp³-hybridized carbons (Fsp3) is 0.556. The molecule has 524 valence electrons. The van der Waals surface area contributed by atoms with Crippen molar-refractivity contribution >= 4 is 142 Å². The second kappa shape index (κ2) is 43.8. The summed E-state index contributed by atoms with van der Waals surface area (Å²) in [5.41, 5.74) is 11.6. The molecule has 6 heterocycles. The minimum atomic E-state index is -0.970. The van der Waals surface area contributed by atoms with E-state index in [0.717, 1.165) is 0 Å². The van der Waals surface area contributed by atoms with Crippen molar-refractivity contribution in [1.29, 1.82) is 0 Å². The number of nitrogen functional groups attached to an aromatic ring is 1. The van der Waals surface area contributed by atoms with Gasteiger partial charge in [0.05, 0.1) is 38.5 Å². The molecule has 6 aromatic heterocycles. The van der Waals surface area contributed by atoms with Gasteiger partial charge in [-0.3, -0.25) is 28.8 Å². The molecule has 0 spiro atoms. The summed E-state index contributed by atoms with van der Waals surface area (Å²) in [5.74, 6) is 0.0404. The Morgan fingerprint density at radius 2 is 0.474 bits per heavy atom. The van der Waals surface area contributed by atoms with Gasteiger partial charge < -0.3 is 68.7 Å². The Morgan fingerprint density at radius 1 is 0.278 bits per heavy atom. The van der Waals surface area contributed by atoms with E-state index in [1.807, 2.05) is 0 Å². The summed E-state index contributed by atoms with van der Waals surface area (Å²) >= 11 is 7.12. The topological polar surface area (TPSA) is 568 Å². The van der Waals surface area contributed by atoms with Crippen molar-refractivity contribution in [3.63, 3.8) is 0 Å². The molecular weight excluding hydrogens is 1380 g/mol. The van der Waals surface area contributed by atoms with Crippen molar-refractivity contribution < 1.29 is 59.4 Å². The van der Waals surface area contributed by atoms with Gasteiger partial charge in [-0.2, -0.15) is 59.8 Å². The number of carboxylic acid groups (broad SMARTS) is 6. The molecule has 0 saturated carbocycles. The quantitative estimate of drug-likeness (QED) is 0.0190. The number of aromatic nitrogens is 18. The Bertz CT molecular complexity index is 3550. The minimum absolute atomic E-state index is 0.0268. The van der Waals surface area contributed by atoms with Crippen LogP contribution in [0.3, 0.4) is 0 Å². The van der Waals surface area contributed by atoms with Crippen LogP contribution < -0.4 is 38.1 Å². The third kappa shape index (κ3) is 33.5. The molecule has 0 aliphatic rings. The number of anilines is 6. The van der Waals surface area contributed by atoms with Crippen LogP contribution in [0, 0.1) is 0 Å². The number of hydrogen-bond acceptors (Lipinski definition) is 37. The number of nitrogens with two attached hydrogens (primary N) is 2. The molecule has 0 aromatic carbocycles. The lowest BCUT2D eigenvalue weighted by molar-refractivity contribution is -0.137. The van der Waals surface area contributed by atoms with Crippen LogP contribution >= 0.6 is 70.6 Å². The van der Waals surface area contributed by atoms with Gasteiger partial charge in [0.1, 0.15) is 34.9 Å². The van der Waals surface area contributed by atoms with Gasteiger partial charge in [-0.25, -0.2) is 29.9 Å². The second-order valence-electron chi connectivity index (χ2n) is 20.2. The summed E-state index contributed by atoms with van der Waals surface area (Å²) in [5, 5.41) is 73.5. The molecule has 6 aromatic rings. The Labute approximate surface area is 581 Å². The highest BCUT2D eigenvalue weighted by Gasteiger charge is 2.17. The number of nitrogens with one attached hydrogen (secondary N) is 5. The normalized spacial score (nSPS) is 11.1. The molecule has 15 N–H and O–H groups in total. The van der Waals surface area contributed by atoms with Crippen LogP contribution in [0.5, 0.6) is 0 Å². The monoisotopic (exact) mass is 1460 g/mol. The Morgan fingerprint density at radius 3 is 0.680 bits per heavy atom. The number of hydrogen-bond donors (Lipinski definition) is 13. The number of thioether (sulfide) groups is 6. The van der Waals surface area contributed by atoms with E-state index in [1.165, 1.54) is 70.6 Å². The summed E-state index contributed by atoms with van der Waals surface area (Å²) in [6.07, 6.45) is 5.22. The molecule has 0 amide bonds. The summed E-state index contributed by atoms with van der Waals surface area (Å²) < 4.78 is 0. The van der Waals surface area contributed by atoms with Gasteiger partial charge in [0.15, 0.2) is 30.9 Å². The van der Waals surface area contributed by atoms with E-state index in [9.17, 15) is 49.2 Å². The fourth-order valence-corrected chi connectivity index (χ4v) is 12.4. The van der Waals surface area contributed by atoms with Crippen LogP contribution in [0.2, 0.25) is 0 Å². The minimum Gasteiger partial charge on any atom is -0.481 e. The lowest BCUT2D eigenvalue weighted by atomic mass is 10.3. The third-order valence-electron chi connectivity index (χ3n) is 12.2. The van der Waals surface area contributed by atoms with Crippen LogP contribution in [0.15, 0.2) is 30.9 Å². The van der Waals surface area contributed by atoms with Gasteiger partial charge >= 0.3 is 35.8 Å². The Kier molecular flexibility index (Phi) is 35.1. The van der Waals surface area contributed by atoms with Crippen molar-refractivity contribution in [2.45, 2.75) is 147 Å². The van der Waals surface area contributed by atoms with Crippen LogP contribution in [-0.4, -0.2) is 230 Å². The lowest BCUT2D eigenvalue weighted by Gasteiger charge is -2.11. The van der Waals surface area contributed by atoms with Crippen molar-refractivity contribution in [2.75, 3.05) is 106 Å². The van der Waals surface area contributed by atoms with Crippen LogP contribution in [-0.2, 0) is 67.3 Å². The Hall–Kier alpha value is -8.26. The maximum absolute atomic E-state index is 11.4. The van der Waals surface area contributed by atoms with E-state index in [2.05, 4.69) is 116 Å². The molecular formula is C54H75N25O12S6. The zero-order valence-electron chi connectivity index (χ0n) is 52.5. The third-order valence-corrected chi connectivity index (χ3v) is 17.3.